The molecule has 1 fully saturated rings. The van der Waals surface area contributed by atoms with Crippen molar-refractivity contribution >= 4 is 17.6 Å². The van der Waals surface area contributed by atoms with Crippen molar-refractivity contribution in [3.8, 4) is 5.75 Å². The number of carbonyl (C=O) groups excluding carboxylic acids is 2. The molecule has 1 heterocycles. The lowest BCUT2D eigenvalue weighted by molar-refractivity contribution is -0.117. The van der Waals surface area contributed by atoms with Crippen molar-refractivity contribution in [3.63, 3.8) is 0 Å². The number of methoxy groups -OCH3 is 1. The summed E-state index contributed by atoms with van der Waals surface area (Å²) in [5.74, 6) is 0.391. The van der Waals surface area contributed by atoms with Crippen LogP contribution in [0.25, 0.3) is 0 Å². The predicted molar refractivity (Wildman–Crippen MR) is 113 cm³/mol. The normalized spacial score (nSPS) is 15.4. The van der Waals surface area contributed by atoms with Crippen molar-refractivity contribution in [1.29, 1.82) is 0 Å². The molecule has 2 N–H and O–H groups in total. The summed E-state index contributed by atoms with van der Waals surface area (Å²) >= 11 is 0. The molecule has 0 aromatic heterocycles. The van der Waals surface area contributed by atoms with Crippen molar-refractivity contribution in [2.75, 3.05) is 38.6 Å². The van der Waals surface area contributed by atoms with E-state index in [-0.39, 0.29) is 11.9 Å². The van der Waals surface area contributed by atoms with Gasteiger partial charge in [0.05, 0.1) is 7.11 Å². The molecule has 29 heavy (non-hydrogen) atoms. The summed E-state index contributed by atoms with van der Waals surface area (Å²) in [6, 6.07) is 16.6. The Morgan fingerprint density at radius 1 is 1.03 bits per heavy atom. The zero-order valence-corrected chi connectivity index (χ0v) is 16.9. The first-order valence-electron chi connectivity index (χ1n) is 9.82. The molecule has 0 radical (unpaired) electrons. The number of carbonyl (C=O) groups is 2. The molecule has 3 amide bonds. The third-order valence-corrected chi connectivity index (χ3v) is 4.98. The molecule has 7 heteroatoms. The van der Waals surface area contributed by atoms with Crippen LogP contribution in [0.15, 0.2) is 54.6 Å². The van der Waals surface area contributed by atoms with E-state index >= 15 is 0 Å². The second kappa shape index (κ2) is 9.93. The molecule has 7 nitrogen and oxygen atoms in total. The zero-order chi connectivity index (χ0) is 20.6. The largest absolute Gasteiger partial charge is 0.497 e. The van der Waals surface area contributed by atoms with Crippen molar-refractivity contribution in [3.05, 3.63) is 60.2 Å². The highest BCUT2D eigenvalue weighted by Gasteiger charge is 2.24. The maximum atomic E-state index is 12.5. The van der Waals surface area contributed by atoms with Gasteiger partial charge in [-0.05, 0) is 24.6 Å². The highest BCUT2D eigenvalue weighted by atomic mass is 16.5. The molecule has 0 aliphatic carbocycles. The van der Waals surface area contributed by atoms with E-state index < -0.39 is 6.04 Å². The van der Waals surface area contributed by atoms with E-state index in [0.717, 1.165) is 19.6 Å². The Balaban J connectivity index is 1.44. The van der Waals surface area contributed by atoms with Gasteiger partial charge in [0, 0.05) is 44.5 Å². The fourth-order valence-corrected chi connectivity index (χ4v) is 3.24. The Kier molecular flexibility index (Phi) is 7.08. The van der Waals surface area contributed by atoms with Gasteiger partial charge in [-0.3, -0.25) is 9.69 Å². The first-order valence-corrected chi connectivity index (χ1v) is 9.82. The monoisotopic (exact) mass is 396 g/mol. The van der Waals surface area contributed by atoms with Crippen molar-refractivity contribution in [2.45, 2.75) is 19.5 Å². The van der Waals surface area contributed by atoms with Crippen LogP contribution in [0.1, 0.15) is 12.5 Å². The molecule has 1 saturated heterocycles. The van der Waals surface area contributed by atoms with E-state index in [4.69, 9.17) is 4.74 Å². The van der Waals surface area contributed by atoms with Crippen LogP contribution in [-0.2, 0) is 11.3 Å². The standard InChI is InChI=1S/C22H28N4O3/c1-17(21(27)24-19-9-6-10-20(15-19)29-2)23-22(28)26-13-11-25(12-14-26)16-18-7-4-3-5-8-18/h3-10,15,17H,11-14,16H2,1-2H3,(H,23,28)(H,24,27). The van der Waals surface area contributed by atoms with Crippen LogP contribution >= 0.6 is 0 Å². The van der Waals surface area contributed by atoms with Crippen LogP contribution in [0, 0.1) is 0 Å². The molecular formula is C22H28N4O3. The molecule has 2 aromatic rings. The molecule has 3 rings (SSSR count). The molecule has 2 aromatic carbocycles. The van der Waals surface area contributed by atoms with E-state index in [2.05, 4.69) is 27.7 Å². The molecule has 1 atom stereocenters. The van der Waals surface area contributed by atoms with E-state index in [0.29, 0.717) is 24.5 Å². The molecule has 154 valence electrons. The van der Waals surface area contributed by atoms with Gasteiger partial charge < -0.3 is 20.3 Å². The summed E-state index contributed by atoms with van der Waals surface area (Å²) in [7, 11) is 1.57. The lowest BCUT2D eigenvalue weighted by Gasteiger charge is -2.35. The van der Waals surface area contributed by atoms with Gasteiger partial charge in [0.25, 0.3) is 0 Å². The third kappa shape index (κ3) is 5.96. The summed E-state index contributed by atoms with van der Waals surface area (Å²) in [6.45, 7) is 5.47. The SMILES string of the molecule is COc1cccc(NC(=O)C(C)NC(=O)N2CCN(Cc3ccccc3)CC2)c1. The highest BCUT2D eigenvalue weighted by Crippen LogP contribution is 2.17. The number of nitrogens with one attached hydrogen (secondary N) is 2. The number of benzene rings is 2. The van der Waals surface area contributed by atoms with Gasteiger partial charge in [-0.25, -0.2) is 4.79 Å². The van der Waals surface area contributed by atoms with Crippen LogP contribution in [0.2, 0.25) is 0 Å². The highest BCUT2D eigenvalue weighted by molar-refractivity contribution is 5.96. The fourth-order valence-electron chi connectivity index (χ4n) is 3.24. The molecule has 1 unspecified atom stereocenters. The molecule has 1 aliphatic rings. The molecule has 1 aliphatic heterocycles. The van der Waals surface area contributed by atoms with Crippen LogP contribution < -0.4 is 15.4 Å². The molecule has 0 saturated carbocycles. The molecule has 0 spiro atoms. The Hall–Kier alpha value is -3.06. The van der Waals surface area contributed by atoms with Gasteiger partial charge in [0.2, 0.25) is 5.91 Å². The van der Waals surface area contributed by atoms with Gasteiger partial charge in [-0.1, -0.05) is 36.4 Å². The topological polar surface area (TPSA) is 73.9 Å². The van der Waals surface area contributed by atoms with Gasteiger partial charge in [0.15, 0.2) is 0 Å². The second-order valence-electron chi connectivity index (χ2n) is 7.14. The van der Waals surface area contributed by atoms with Gasteiger partial charge in [0.1, 0.15) is 11.8 Å². The summed E-state index contributed by atoms with van der Waals surface area (Å²) in [4.78, 5) is 29.0. The number of piperazine rings is 1. The smallest absolute Gasteiger partial charge is 0.318 e. The van der Waals surface area contributed by atoms with Crippen LogP contribution in [0.4, 0.5) is 10.5 Å². The number of rotatable bonds is 6. The Morgan fingerprint density at radius 3 is 2.45 bits per heavy atom. The first kappa shape index (κ1) is 20.7. The number of anilines is 1. The number of urea groups is 1. The van der Waals surface area contributed by atoms with E-state index in [1.165, 1.54) is 5.56 Å². The van der Waals surface area contributed by atoms with E-state index in [9.17, 15) is 9.59 Å². The quantitative estimate of drug-likeness (QED) is 0.787. The first-order chi connectivity index (χ1) is 14.0. The lowest BCUT2D eigenvalue weighted by Crippen LogP contribution is -2.54. The van der Waals surface area contributed by atoms with Gasteiger partial charge in [-0.15, -0.1) is 0 Å². The van der Waals surface area contributed by atoms with Crippen molar-refractivity contribution in [1.82, 2.24) is 15.1 Å². The predicted octanol–water partition coefficient (Wildman–Crippen LogP) is 2.55. The summed E-state index contributed by atoms with van der Waals surface area (Å²) in [5, 5.41) is 5.59. The average molecular weight is 396 g/mol. The summed E-state index contributed by atoms with van der Waals surface area (Å²) < 4.78 is 5.16. The second-order valence-corrected chi connectivity index (χ2v) is 7.14. The minimum Gasteiger partial charge on any atom is -0.497 e. The third-order valence-electron chi connectivity index (χ3n) is 4.98. The van der Waals surface area contributed by atoms with Crippen LogP contribution in [0.3, 0.4) is 0 Å². The average Bonchev–Trinajstić information content (AvgIpc) is 2.75. The zero-order valence-electron chi connectivity index (χ0n) is 16.9. The number of ether oxygens (including phenoxy) is 1. The molecule has 0 bridgehead atoms. The Labute approximate surface area is 171 Å². The Morgan fingerprint density at radius 2 is 1.76 bits per heavy atom. The summed E-state index contributed by atoms with van der Waals surface area (Å²) in [6.07, 6.45) is 0. The minimum absolute atomic E-state index is 0.211. The minimum atomic E-state index is -0.643. The number of hydrogen-bond acceptors (Lipinski definition) is 4. The van der Waals surface area contributed by atoms with E-state index in [1.807, 2.05) is 18.2 Å². The Bertz CT molecular complexity index is 820. The van der Waals surface area contributed by atoms with Crippen LogP contribution in [0.5, 0.6) is 5.75 Å². The maximum absolute atomic E-state index is 12.5. The van der Waals surface area contributed by atoms with Gasteiger partial charge in [-0.2, -0.15) is 0 Å². The van der Waals surface area contributed by atoms with Gasteiger partial charge >= 0.3 is 6.03 Å². The summed E-state index contributed by atoms with van der Waals surface area (Å²) in [5.41, 5.74) is 1.90. The maximum Gasteiger partial charge on any atom is 0.318 e. The van der Waals surface area contributed by atoms with E-state index in [1.54, 1.807) is 43.2 Å². The fraction of sp³-hybridized carbons (Fsp3) is 0.364. The van der Waals surface area contributed by atoms with Crippen molar-refractivity contribution < 1.29 is 14.3 Å². The lowest BCUT2D eigenvalue weighted by atomic mass is 10.2. The molecular weight excluding hydrogens is 368 g/mol. The number of amides is 3. The number of hydrogen-bond donors (Lipinski definition) is 2. The number of nitrogens with zero attached hydrogens (tertiary/aromatic N) is 2. The van der Waals surface area contributed by atoms with Crippen molar-refractivity contribution in [2.24, 2.45) is 0 Å². The van der Waals surface area contributed by atoms with Crippen LogP contribution in [-0.4, -0.2) is 61.1 Å².